The fourth-order valence-corrected chi connectivity index (χ4v) is 1.95. The monoisotopic (exact) mass is 287 g/mol. The minimum Gasteiger partial charge on any atom is -0.344 e. The number of hydrogen-bond donors (Lipinski definition) is 2. The molecule has 0 fully saturated rings. The lowest BCUT2D eigenvalue weighted by atomic mass is 10.2. The fraction of sp³-hybridized carbons (Fsp3) is 0.286. The van der Waals surface area contributed by atoms with E-state index < -0.39 is 11.8 Å². The van der Waals surface area contributed by atoms with Gasteiger partial charge in [0.15, 0.2) is 0 Å². The van der Waals surface area contributed by atoms with E-state index in [0.29, 0.717) is 5.69 Å². The Labute approximate surface area is 122 Å². The molecule has 0 radical (unpaired) electrons. The van der Waals surface area contributed by atoms with Gasteiger partial charge in [0.05, 0.1) is 5.69 Å². The Morgan fingerprint density at radius 2 is 1.86 bits per heavy atom. The Hall–Kier alpha value is -2.70. The number of carbonyl (C=O) groups excluding carboxylic acids is 2. The van der Waals surface area contributed by atoms with E-state index in [2.05, 4.69) is 20.7 Å². The topological polar surface area (TPSA) is 88.9 Å². The molecule has 7 heteroatoms. The van der Waals surface area contributed by atoms with Gasteiger partial charge in [-0.3, -0.25) is 19.3 Å². The fourth-order valence-electron chi connectivity index (χ4n) is 1.95. The summed E-state index contributed by atoms with van der Waals surface area (Å²) in [5.74, 6) is -1.39. The predicted octanol–water partition coefficient (Wildman–Crippen LogP) is 0.687. The summed E-state index contributed by atoms with van der Waals surface area (Å²) in [6.07, 6.45) is 3.08. The van der Waals surface area contributed by atoms with Gasteiger partial charge in [0.25, 0.3) is 0 Å². The average molecular weight is 287 g/mol. The zero-order valence-corrected chi connectivity index (χ0v) is 12.2. The highest BCUT2D eigenvalue weighted by molar-refractivity contribution is 6.39. The van der Waals surface area contributed by atoms with Crippen molar-refractivity contribution in [1.82, 2.24) is 20.1 Å². The van der Waals surface area contributed by atoms with Gasteiger partial charge in [0.1, 0.15) is 0 Å². The lowest BCUT2D eigenvalue weighted by Crippen LogP contribution is -2.35. The molecule has 110 valence electrons. The van der Waals surface area contributed by atoms with Gasteiger partial charge in [0, 0.05) is 42.9 Å². The number of carbonyl (C=O) groups is 2. The van der Waals surface area contributed by atoms with Gasteiger partial charge in [-0.25, -0.2) is 0 Å². The first-order valence-corrected chi connectivity index (χ1v) is 6.47. The van der Waals surface area contributed by atoms with Crippen LogP contribution in [0.4, 0.5) is 5.69 Å². The van der Waals surface area contributed by atoms with Crippen LogP contribution in [0.25, 0.3) is 0 Å². The van der Waals surface area contributed by atoms with Crippen molar-refractivity contribution >= 4 is 17.5 Å². The number of aromatic nitrogens is 3. The van der Waals surface area contributed by atoms with Crippen molar-refractivity contribution in [3.63, 3.8) is 0 Å². The second kappa shape index (κ2) is 6.17. The summed E-state index contributed by atoms with van der Waals surface area (Å²) in [6, 6.07) is 3.22. The van der Waals surface area contributed by atoms with Crippen LogP contribution in [0.3, 0.4) is 0 Å². The molecule has 0 unspecified atom stereocenters. The summed E-state index contributed by atoms with van der Waals surface area (Å²) in [6.45, 7) is 4.05. The van der Waals surface area contributed by atoms with Crippen LogP contribution in [0.5, 0.6) is 0 Å². The molecule has 21 heavy (non-hydrogen) atoms. The van der Waals surface area contributed by atoms with Crippen molar-refractivity contribution < 1.29 is 9.59 Å². The van der Waals surface area contributed by atoms with E-state index in [0.717, 1.165) is 17.0 Å². The van der Waals surface area contributed by atoms with Crippen LogP contribution >= 0.6 is 0 Å². The summed E-state index contributed by atoms with van der Waals surface area (Å²) >= 11 is 0. The zero-order chi connectivity index (χ0) is 15.4. The Morgan fingerprint density at radius 3 is 2.43 bits per heavy atom. The summed E-state index contributed by atoms with van der Waals surface area (Å²) in [7, 11) is 1.84. The van der Waals surface area contributed by atoms with Gasteiger partial charge in [-0.1, -0.05) is 0 Å². The van der Waals surface area contributed by atoms with E-state index in [4.69, 9.17) is 0 Å². The second-order valence-electron chi connectivity index (χ2n) is 4.65. The molecule has 0 bridgehead atoms. The number of nitrogens with zero attached hydrogens (tertiary/aromatic N) is 3. The molecule has 7 nitrogen and oxygen atoms in total. The maximum atomic E-state index is 11.8. The quantitative estimate of drug-likeness (QED) is 0.813. The molecule has 0 aliphatic heterocycles. The first kappa shape index (κ1) is 14.7. The molecule has 0 atom stereocenters. The molecule has 0 aliphatic carbocycles. The summed E-state index contributed by atoms with van der Waals surface area (Å²) in [4.78, 5) is 27.4. The number of nitrogens with one attached hydrogen (secondary N) is 2. The Morgan fingerprint density at radius 1 is 1.19 bits per heavy atom. The van der Waals surface area contributed by atoms with Gasteiger partial charge in [0.2, 0.25) is 0 Å². The lowest BCUT2D eigenvalue weighted by molar-refractivity contribution is -0.136. The third-order valence-corrected chi connectivity index (χ3v) is 3.23. The van der Waals surface area contributed by atoms with Crippen molar-refractivity contribution in [3.05, 3.63) is 41.5 Å². The largest absolute Gasteiger partial charge is 0.344 e. The van der Waals surface area contributed by atoms with Crippen LogP contribution in [0.15, 0.2) is 24.5 Å². The van der Waals surface area contributed by atoms with Crippen LogP contribution in [-0.2, 0) is 23.2 Å². The van der Waals surface area contributed by atoms with E-state index in [-0.39, 0.29) is 6.54 Å². The molecule has 0 aromatic carbocycles. The van der Waals surface area contributed by atoms with Crippen molar-refractivity contribution in [2.75, 3.05) is 5.32 Å². The second-order valence-corrected chi connectivity index (χ2v) is 4.65. The number of rotatable bonds is 3. The minimum absolute atomic E-state index is 0.272. The van der Waals surface area contributed by atoms with Gasteiger partial charge >= 0.3 is 11.8 Å². The Balaban J connectivity index is 1.94. The summed E-state index contributed by atoms with van der Waals surface area (Å²) in [5.41, 5.74) is 3.24. The highest BCUT2D eigenvalue weighted by atomic mass is 16.2. The molecular formula is C14H17N5O2. The molecule has 0 saturated heterocycles. The van der Waals surface area contributed by atoms with Crippen LogP contribution in [0, 0.1) is 13.8 Å². The van der Waals surface area contributed by atoms with Crippen molar-refractivity contribution in [2.24, 2.45) is 7.05 Å². The number of anilines is 1. The number of hydrogen-bond acceptors (Lipinski definition) is 4. The van der Waals surface area contributed by atoms with E-state index in [1.807, 2.05) is 20.9 Å². The van der Waals surface area contributed by atoms with Crippen LogP contribution in [0.1, 0.15) is 17.0 Å². The molecule has 2 heterocycles. The minimum atomic E-state index is -0.708. The van der Waals surface area contributed by atoms with Crippen molar-refractivity contribution in [1.29, 1.82) is 0 Å². The standard InChI is InChI=1S/C14H17N5O2/c1-9-12(10(2)19(3)18-9)8-16-13(20)14(21)17-11-4-6-15-7-5-11/h4-7H,8H2,1-3H3,(H,16,20)(H,15,17,21). The molecule has 2 aromatic heterocycles. The van der Waals surface area contributed by atoms with E-state index in [1.165, 1.54) is 12.4 Å². The SMILES string of the molecule is Cc1nn(C)c(C)c1CNC(=O)C(=O)Nc1ccncc1. The molecule has 2 rings (SSSR count). The van der Waals surface area contributed by atoms with Crippen LogP contribution in [0.2, 0.25) is 0 Å². The first-order chi connectivity index (χ1) is 9.99. The Kier molecular flexibility index (Phi) is 4.32. The van der Waals surface area contributed by atoms with E-state index in [1.54, 1.807) is 16.8 Å². The third-order valence-electron chi connectivity index (χ3n) is 3.23. The highest BCUT2D eigenvalue weighted by Crippen LogP contribution is 2.11. The zero-order valence-electron chi connectivity index (χ0n) is 12.2. The van der Waals surface area contributed by atoms with Gasteiger partial charge < -0.3 is 10.6 Å². The highest BCUT2D eigenvalue weighted by Gasteiger charge is 2.15. The van der Waals surface area contributed by atoms with Crippen molar-refractivity contribution in [3.8, 4) is 0 Å². The molecular weight excluding hydrogens is 270 g/mol. The smallest absolute Gasteiger partial charge is 0.313 e. The normalized spacial score (nSPS) is 10.2. The number of pyridine rings is 1. The molecule has 2 N–H and O–H groups in total. The van der Waals surface area contributed by atoms with Crippen molar-refractivity contribution in [2.45, 2.75) is 20.4 Å². The maximum Gasteiger partial charge on any atom is 0.313 e. The predicted molar refractivity (Wildman–Crippen MR) is 77.4 cm³/mol. The van der Waals surface area contributed by atoms with Gasteiger partial charge in [-0.15, -0.1) is 0 Å². The Bertz CT molecular complexity index is 664. The van der Waals surface area contributed by atoms with Gasteiger partial charge in [-0.05, 0) is 26.0 Å². The summed E-state index contributed by atoms with van der Waals surface area (Å²) < 4.78 is 1.74. The van der Waals surface area contributed by atoms with E-state index in [9.17, 15) is 9.59 Å². The molecule has 0 saturated carbocycles. The molecule has 0 aliphatic rings. The number of aryl methyl sites for hydroxylation is 2. The number of amides is 2. The maximum absolute atomic E-state index is 11.8. The summed E-state index contributed by atoms with van der Waals surface area (Å²) in [5, 5.41) is 9.35. The van der Waals surface area contributed by atoms with Crippen LogP contribution in [-0.4, -0.2) is 26.6 Å². The van der Waals surface area contributed by atoms with Crippen LogP contribution < -0.4 is 10.6 Å². The lowest BCUT2D eigenvalue weighted by Gasteiger charge is -2.06. The molecule has 2 amide bonds. The average Bonchev–Trinajstić information content (AvgIpc) is 2.71. The van der Waals surface area contributed by atoms with E-state index >= 15 is 0 Å². The molecule has 2 aromatic rings. The van der Waals surface area contributed by atoms with Gasteiger partial charge in [-0.2, -0.15) is 5.10 Å². The first-order valence-electron chi connectivity index (χ1n) is 6.47. The third kappa shape index (κ3) is 3.44. The molecule has 0 spiro atoms.